The van der Waals surface area contributed by atoms with E-state index < -0.39 is 20.0 Å². The Hall–Kier alpha value is -2.43. The molecule has 0 fully saturated rings. The first-order valence-electron chi connectivity index (χ1n) is 9.35. The fourth-order valence-corrected chi connectivity index (χ4v) is 5.56. The number of carbonyl (C=O) groups is 1. The van der Waals surface area contributed by atoms with E-state index in [0.29, 0.717) is 35.5 Å². The highest BCUT2D eigenvalue weighted by atomic mass is 32.2. The molecule has 0 unspecified atom stereocenters. The van der Waals surface area contributed by atoms with Crippen LogP contribution in [0.1, 0.15) is 29.2 Å². The third kappa shape index (κ3) is 4.82. The largest absolute Gasteiger partial charge is 0.326 e. The Balaban J connectivity index is 1.89. The van der Waals surface area contributed by atoms with E-state index in [-0.39, 0.29) is 17.3 Å². The van der Waals surface area contributed by atoms with Gasteiger partial charge < -0.3 is 5.32 Å². The third-order valence-corrected chi connectivity index (χ3v) is 7.63. The summed E-state index contributed by atoms with van der Waals surface area (Å²) < 4.78 is 53.5. The van der Waals surface area contributed by atoms with Crippen LogP contribution in [0.5, 0.6) is 0 Å². The van der Waals surface area contributed by atoms with Gasteiger partial charge in [0.2, 0.25) is 15.9 Å². The van der Waals surface area contributed by atoms with Crippen molar-refractivity contribution < 1.29 is 21.6 Å². The molecule has 10 heteroatoms. The number of hydrogen-bond acceptors (Lipinski definition) is 5. The Labute approximate surface area is 177 Å². The van der Waals surface area contributed by atoms with Crippen molar-refractivity contribution in [1.29, 1.82) is 0 Å². The van der Waals surface area contributed by atoms with Crippen LogP contribution in [0.4, 0.5) is 11.4 Å². The van der Waals surface area contributed by atoms with Crippen LogP contribution in [0.15, 0.2) is 35.2 Å². The highest BCUT2D eigenvalue weighted by Gasteiger charge is 2.24. The summed E-state index contributed by atoms with van der Waals surface area (Å²) in [6, 6.07) is 8.19. The number of anilines is 2. The number of benzene rings is 2. The molecule has 1 heterocycles. The maximum Gasteiger partial charge on any atom is 0.261 e. The zero-order chi connectivity index (χ0) is 22.3. The van der Waals surface area contributed by atoms with E-state index in [2.05, 4.69) is 10.0 Å². The normalized spacial score (nSPS) is 14.8. The highest BCUT2D eigenvalue weighted by Crippen LogP contribution is 2.28. The highest BCUT2D eigenvalue weighted by molar-refractivity contribution is 7.92. The molecule has 2 aromatic carbocycles. The first-order chi connectivity index (χ1) is 13.9. The minimum Gasteiger partial charge on any atom is -0.326 e. The van der Waals surface area contributed by atoms with E-state index in [4.69, 9.17) is 0 Å². The lowest BCUT2D eigenvalue weighted by Crippen LogP contribution is -2.35. The minimum atomic E-state index is -3.87. The second-order valence-electron chi connectivity index (χ2n) is 7.55. The van der Waals surface area contributed by atoms with Crippen molar-refractivity contribution in [3.63, 3.8) is 0 Å². The van der Waals surface area contributed by atoms with Gasteiger partial charge in [-0.3, -0.25) is 9.52 Å². The summed E-state index contributed by atoms with van der Waals surface area (Å²) in [4.78, 5) is 11.4. The number of sulfonamides is 2. The number of hydrogen-bond donors (Lipinski definition) is 2. The quantitative estimate of drug-likeness (QED) is 0.725. The monoisotopic (exact) mass is 451 g/mol. The molecule has 1 aliphatic heterocycles. The van der Waals surface area contributed by atoms with Crippen LogP contribution in [0.2, 0.25) is 0 Å². The number of nitrogens with zero attached hydrogens (tertiary/aromatic N) is 1. The molecule has 0 saturated carbocycles. The maximum absolute atomic E-state index is 12.9. The summed E-state index contributed by atoms with van der Waals surface area (Å²) in [6.07, 6.45) is 1.75. The Morgan fingerprint density at radius 3 is 2.20 bits per heavy atom. The molecular formula is C20H25N3O5S2. The fraction of sp³-hybridized carbons (Fsp3) is 0.350. The molecule has 2 N–H and O–H groups in total. The number of nitrogens with one attached hydrogen (secondary N) is 2. The molecule has 1 aliphatic rings. The molecular weight excluding hydrogens is 426 g/mol. The van der Waals surface area contributed by atoms with E-state index in [1.165, 1.54) is 29.6 Å². The second kappa shape index (κ2) is 8.01. The number of carbonyl (C=O) groups excluding carboxylic acids is 1. The molecule has 0 spiro atoms. The maximum atomic E-state index is 12.9. The Morgan fingerprint density at radius 2 is 1.63 bits per heavy atom. The van der Waals surface area contributed by atoms with E-state index in [1.807, 2.05) is 6.07 Å². The Morgan fingerprint density at radius 1 is 1.00 bits per heavy atom. The van der Waals surface area contributed by atoms with Gasteiger partial charge in [0.1, 0.15) is 0 Å². The lowest BCUT2D eigenvalue weighted by atomic mass is 10.0. The summed E-state index contributed by atoms with van der Waals surface area (Å²) in [5.41, 5.74) is 4.02. The Bertz CT molecular complexity index is 1200. The summed E-state index contributed by atoms with van der Waals surface area (Å²) in [5.74, 6) is -0.230. The van der Waals surface area contributed by atoms with Crippen molar-refractivity contribution in [2.45, 2.75) is 38.6 Å². The molecule has 1 amide bonds. The van der Waals surface area contributed by atoms with Crippen molar-refractivity contribution in [2.24, 2.45) is 0 Å². The number of fused-ring (bicyclic) bond motifs is 1. The van der Waals surface area contributed by atoms with Gasteiger partial charge in [0.25, 0.3) is 10.0 Å². The van der Waals surface area contributed by atoms with Crippen molar-refractivity contribution >= 4 is 37.3 Å². The van der Waals surface area contributed by atoms with E-state index in [9.17, 15) is 21.6 Å². The molecule has 0 aliphatic carbocycles. The van der Waals surface area contributed by atoms with Crippen molar-refractivity contribution in [1.82, 2.24) is 4.31 Å². The number of amides is 1. The molecule has 0 saturated heterocycles. The predicted octanol–water partition coefficient (Wildman–Crippen LogP) is 2.38. The molecule has 0 radical (unpaired) electrons. The van der Waals surface area contributed by atoms with Crippen LogP contribution >= 0.6 is 0 Å². The second-order valence-corrected chi connectivity index (χ2v) is 11.2. The van der Waals surface area contributed by atoms with Gasteiger partial charge in [-0.2, -0.15) is 4.31 Å². The number of rotatable bonds is 5. The lowest BCUT2D eigenvalue weighted by Gasteiger charge is -2.27. The van der Waals surface area contributed by atoms with Gasteiger partial charge in [0.05, 0.1) is 11.2 Å². The smallest absolute Gasteiger partial charge is 0.261 e. The van der Waals surface area contributed by atoms with Gasteiger partial charge in [-0.15, -0.1) is 0 Å². The zero-order valence-electron chi connectivity index (χ0n) is 17.3. The van der Waals surface area contributed by atoms with Gasteiger partial charge >= 0.3 is 0 Å². The van der Waals surface area contributed by atoms with Crippen LogP contribution in [0, 0.1) is 13.8 Å². The van der Waals surface area contributed by atoms with Gasteiger partial charge in [0.15, 0.2) is 0 Å². The summed E-state index contributed by atoms with van der Waals surface area (Å²) in [7, 11) is -7.18. The van der Waals surface area contributed by atoms with Crippen LogP contribution in [-0.4, -0.2) is 39.8 Å². The summed E-state index contributed by atoms with van der Waals surface area (Å²) in [5, 5.41) is 2.71. The van der Waals surface area contributed by atoms with E-state index in [0.717, 1.165) is 11.1 Å². The Kier molecular flexibility index (Phi) is 5.94. The van der Waals surface area contributed by atoms with E-state index in [1.54, 1.807) is 26.0 Å². The van der Waals surface area contributed by atoms with Gasteiger partial charge in [0, 0.05) is 31.4 Å². The van der Waals surface area contributed by atoms with E-state index >= 15 is 0 Å². The topological polar surface area (TPSA) is 113 Å². The first-order valence-corrected chi connectivity index (χ1v) is 12.7. The molecule has 2 aromatic rings. The van der Waals surface area contributed by atoms with Gasteiger partial charge in [-0.05, 0) is 66.8 Å². The standard InChI is InChI=1S/C20H25N3O5S2/c1-13-9-19(10-14(2)20(13)21-15(3)24)30(27,28)22-18-6-5-16-7-8-23(29(4,25)26)12-17(16)11-18/h5-6,9-11,22H,7-8,12H2,1-4H3,(H,21,24). The van der Waals surface area contributed by atoms with Gasteiger partial charge in [-0.1, -0.05) is 6.07 Å². The molecule has 3 rings (SSSR count). The SMILES string of the molecule is CC(=O)Nc1c(C)cc(S(=O)(=O)Nc2ccc3c(c2)CN(S(C)(=O)=O)CC3)cc1C. The molecule has 30 heavy (non-hydrogen) atoms. The molecule has 0 bridgehead atoms. The summed E-state index contributed by atoms with van der Waals surface area (Å²) in [6.45, 7) is 5.49. The molecule has 0 aromatic heterocycles. The summed E-state index contributed by atoms with van der Waals surface area (Å²) >= 11 is 0. The van der Waals surface area contributed by atoms with Crippen molar-refractivity contribution in [3.8, 4) is 0 Å². The van der Waals surface area contributed by atoms with Crippen LogP contribution < -0.4 is 10.0 Å². The predicted molar refractivity (Wildman–Crippen MR) is 116 cm³/mol. The minimum absolute atomic E-state index is 0.0853. The number of aryl methyl sites for hydroxylation is 2. The zero-order valence-corrected chi connectivity index (χ0v) is 18.9. The average molecular weight is 452 g/mol. The average Bonchev–Trinajstić information content (AvgIpc) is 2.62. The lowest BCUT2D eigenvalue weighted by molar-refractivity contribution is -0.114. The molecule has 8 nitrogen and oxygen atoms in total. The van der Waals surface area contributed by atoms with Gasteiger partial charge in [-0.25, -0.2) is 16.8 Å². The fourth-order valence-electron chi connectivity index (χ4n) is 3.54. The molecule has 0 atom stereocenters. The molecule has 162 valence electrons. The third-order valence-electron chi connectivity index (χ3n) is 5.02. The van der Waals surface area contributed by atoms with Crippen LogP contribution in [0.3, 0.4) is 0 Å². The van der Waals surface area contributed by atoms with Crippen LogP contribution in [-0.2, 0) is 37.8 Å². The van der Waals surface area contributed by atoms with Crippen molar-refractivity contribution in [2.75, 3.05) is 22.8 Å². The first kappa shape index (κ1) is 22.3. The van der Waals surface area contributed by atoms with Crippen LogP contribution in [0.25, 0.3) is 0 Å². The van der Waals surface area contributed by atoms with Crippen molar-refractivity contribution in [3.05, 3.63) is 52.6 Å².